The van der Waals surface area contributed by atoms with Gasteiger partial charge in [-0.25, -0.2) is 4.79 Å². The summed E-state index contributed by atoms with van der Waals surface area (Å²) in [6.07, 6.45) is 2.99. The van der Waals surface area contributed by atoms with Crippen molar-refractivity contribution < 1.29 is 14.3 Å². The first-order valence-electron chi connectivity index (χ1n) is 4.95. The summed E-state index contributed by atoms with van der Waals surface area (Å²) in [4.78, 5) is 11.1. The van der Waals surface area contributed by atoms with E-state index in [9.17, 15) is 4.79 Å². The van der Waals surface area contributed by atoms with Crippen molar-refractivity contribution in [3.05, 3.63) is 29.8 Å². The topological polar surface area (TPSA) is 35.5 Å². The second-order valence-electron chi connectivity index (χ2n) is 3.09. The molecule has 1 aromatic carbocycles. The second-order valence-corrected chi connectivity index (χ2v) is 3.09. The Kier molecular flexibility index (Phi) is 4.64. The molecule has 0 spiro atoms. The van der Waals surface area contributed by atoms with E-state index in [0.717, 1.165) is 5.56 Å². The van der Waals surface area contributed by atoms with Gasteiger partial charge in [0.05, 0.1) is 13.7 Å². The van der Waals surface area contributed by atoms with E-state index in [2.05, 4.69) is 0 Å². The molecule has 0 saturated carbocycles. The first kappa shape index (κ1) is 12.4. The van der Waals surface area contributed by atoms with Crippen LogP contribution in [0.5, 0.6) is 5.75 Å². The lowest BCUT2D eigenvalue weighted by Crippen LogP contribution is -2.03. The molecule has 0 bridgehead atoms. The van der Waals surface area contributed by atoms with Crippen LogP contribution in [-0.4, -0.2) is 27.5 Å². The lowest BCUT2D eigenvalue weighted by molar-refractivity contribution is -0.137. The molecule has 0 N–H and O–H groups in total. The molecule has 0 heterocycles. The maximum Gasteiger partial charge on any atom is 0.330 e. The molecular weight excluding hydrogens is 203 g/mol. The van der Waals surface area contributed by atoms with Gasteiger partial charge in [-0.2, -0.15) is 0 Å². The molecule has 82 valence electrons. The molecular formula is C12H13BO3. The Labute approximate surface area is 96.5 Å². The van der Waals surface area contributed by atoms with Crippen LogP contribution in [0, 0.1) is 0 Å². The van der Waals surface area contributed by atoms with Gasteiger partial charge in [0.1, 0.15) is 13.6 Å². The molecule has 2 radical (unpaired) electrons. The minimum atomic E-state index is -0.374. The minimum Gasteiger partial charge on any atom is -0.496 e. The zero-order valence-corrected chi connectivity index (χ0v) is 9.40. The summed E-state index contributed by atoms with van der Waals surface area (Å²) >= 11 is 0. The molecule has 0 amide bonds. The zero-order chi connectivity index (χ0) is 12.0. The summed E-state index contributed by atoms with van der Waals surface area (Å²) in [5, 5.41) is 0. The highest BCUT2D eigenvalue weighted by Gasteiger charge is 2.00. The minimum absolute atomic E-state index is 0.363. The van der Waals surface area contributed by atoms with Gasteiger partial charge in [0.15, 0.2) is 0 Å². The molecule has 0 aliphatic carbocycles. The van der Waals surface area contributed by atoms with Crippen LogP contribution in [0.1, 0.15) is 12.5 Å². The number of rotatable bonds is 4. The van der Waals surface area contributed by atoms with Gasteiger partial charge in [-0.05, 0) is 19.1 Å². The quantitative estimate of drug-likeness (QED) is 0.429. The van der Waals surface area contributed by atoms with Gasteiger partial charge in [-0.1, -0.05) is 17.6 Å². The van der Waals surface area contributed by atoms with E-state index in [1.165, 1.54) is 6.08 Å². The van der Waals surface area contributed by atoms with E-state index in [0.29, 0.717) is 17.8 Å². The SMILES string of the molecule is [B]c1ccc(/C=C/C(=O)OCC)c(OC)c1. The van der Waals surface area contributed by atoms with Crippen molar-refractivity contribution in [2.45, 2.75) is 6.92 Å². The predicted octanol–water partition coefficient (Wildman–Crippen LogP) is 1.07. The first-order valence-corrected chi connectivity index (χ1v) is 4.95. The summed E-state index contributed by atoms with van der Waals surface area (Å²) < 4.78 is 9.90. The molecule has 0 atom stereocenters. The smallest absolute Gasteiger partial charge is 0.330 e. The second kappa shape index (κ2) is 6.00. The number of hydrogen-bond acceptors (Lipinski definition) is 3. The molecule has 3 nitrogen and oxygen atoms in total. The normalized spacial score (nSPS) is 10.4. The van der Waals surface area contributed by atoms with Crippen molar-refractivity contribution in [2.24, 2.45) is 0 Å². The van der Waals surface area contributed by atoms with E-state index in [-0.39, 0.29) is 5.97 Å². The number of methoxy groups -OCH3 is 1. The van der Waals surface area contributed by atoms with Crippen LogP contribution in [0.25, 0.3) is 6.08 Å². The van der Waals surface area contributed by atoms with Crippen molar-refractivity contribution in [1.29, 1.82) is 0 Å². The van der Waals surface area contributed by atoms with E-state index in [1.54, 1.807) is 38.3 Å². The fourth-order valence-corrected chi connectivity index (χ4v) is 1.21. The van der Waals surface area contributed by atoms with Gasteiger partial charge in [-0.15, -0.1) is 0 Å². The predicted molar refractivity (Wildman–Crippen MR) is 64.0 cm³/mol. The van der Waals surface area contributed by atoms with Crippen LogP contribution in [-0.2, 0) is 9.53 Å². The van der Waals surface area contributed by atoms with Crippen LogP contribution >= 0.6 is 0 Å². The third-order valence-corrected chi connectivity index (χ3v) is 1.94. The Morgan fingerprint density at radius 2 is 2.25 bits per heavy atom. The van der Waals surface area contributed by atoms with E-state index in [1.807, 2.05) is 0 Å². The van der Waals surface area contributed by atoms with Crippen molar-refractivity contribution in [3.63, 3.8) is 0 Å². The number of carbonyl (C=O) groups is 1. The van der Waals surface area contributed by atoms with Crippen molar-refractivity contribution in [2.75, 3.05) is 13.7 Å². The Bertz CT molecular complexity index is 399. The monoisotopic (exact) mass is 216 g/mol. The third-order valence-electron chi connectivity index (χ3n) is 1.94. The van der Waals surface area contributed by atoms with Crippen LogP contribution in [0.15, 0.2) is 24.3 Å². The Morgan fingerprint density at radius 3 is 2.88 bits per heavy atom. The van der Waals surface area contributed by atoms with Crippen molar-refractivity contribution in [3.8, 4) is 5.75 Å². The number of hydrogen-bond donors (Lipinski definition) is 0. The summed E-state index contributed by atoms with van der Waals surface area (Å²) in [5.41, 5.74) is 1.40. The molecule has 1 aromatic rings. The molecule has 0 saturated heterocycles. The molecule has 16 heavy (non-hydrogen) atoms. The molecule has 0 aliphatic rings. The van der Waals surface area contributed by atoms with Gasteiger partial charge >= 0.3 is 5.97 Å². The van der Waals surface area contributed by atoms with E-state index >= 15 is 0 Å². The lowest BCUT2D eigenvalue weighted by Gasteiger charge is -2.05. The number of benzene rings is 1. The number of carbonyl (C=O) groups excluding carboxylic acids is 1. The Hall–Kier alpha value is -1.71. The summed E-state index contributed by atoms with van der Waals surface area (Å²) in [5.74, 6) is 0.252. The van der Waals surface area contributed by atoms with Crippen LogP contribution in [0.4, 0.5) is 0 Å². The number of ether oxygens (including phenoxy) is 2. The highest BCUT2D eigenvalue weighted by atomic mass is 16.5. The van der Waals surface area contributed by atoms with Crippen LogP contribution < -0.4 is 10.2 Å². The van der Waals surface area contributed by atoms with Gasteiger partial charge in [0, 0.05) is 11.6 Å². The fourth-order valence-electron chi connectivity index (χ4n) is 1.21. The third kappa shape index (κ3) is 3.46. The summed E-state index contributed by atoms with van der Waals surface area (Å²) in [6.45, 7) is 2.12. The van der Waals surface area contributed by atoms with Crippen molar-refractivity contribution in [1.82, 2.24) is 0 Å². The lowest BCUT2D eigenvalue weighted by atomic mass is 9.94. The van der Waals surface area contributed by atoms with E-state index in [4.69, 9.17) is 17.3 Å². The molecule has 1 rings (SSSR count). The van der Waals surface area contributed by atoms with Crippen LogP contribution in [0.2, 0.25) is 0 Å². The van der Waals surface area contributed by atoms with Crippen molar-refractivity contribution >= 4 is 25.4 Å². The standard InChI is InChI=1S/C12H13BO3/c1-3-16-12(14)7-5-9-4-6-10(13)8-11(9)15-2/h4-8H,3H2,1-2H3/b7-5+. The largest absolute Gasteiger partial charge is 0.496 e. The number of esters is 1. The summed E-state index contributed by atoms with van der Waals surface area (Å²) in [6, 6.07) is 5.22. The summed E-state index contributed by atoms with van der Waals surface area (Å²) in [7, 11) is 7.16. The average Bonchev–Trinajstić information content (AvgIpc) is 2.27. The molecule has 0 unspecified atom stereocenters. The Morgan fingerprint density at radius 1 is 1.50 bits per heavy atom. The maximum absolute atomic E-state index is 11.1. The van der Waals surface area contributed by atoms with Gasteiger partial charge < -0.3 is 9.47 Å². The highest BCUT2D eigenvalue weighted by molar-refractivity contribution is 6.32. The molecule has 0 aromatic heterocycles. The Balaban J connectivity index is 2.84. The van der Waals surface area contributed by atoms with E-state index < -0.39 is 0 Å². The average molecular weight is 216 g/mol. The highest BCUT2D eigenvalue weighted by Crippen LogP contribution is 2.17. The van der Waals surface area contributed by atoms with Crippen LogP contribution in [0.3, 0.4) is 0 Å². The zero-order valence-electron chi connectivity index (χ0n) is 9.40. The fraction of sp³-hybridized carbons (Fsp3) is 0.250. The van der Waals surface area contributed by atoms with Gasteiger partial charge in [0.25, 0.3) is 0 Å². The molecule has 4 heteroatoms. The molecule has 0 aliphatic heterocycles. The van der Waals surface area contributed by atoms with Gasteiger partial charge in [0.2, 0.25) is 0 Å². The van der Waals surface area contributed by atoms with Gasteiger partial charge in [-0.3, -0.25) is 0 Å². The first-order chi connectivity index (χ1) is 7.67. The maximum atomic E-state index is 11.1. The molecule has 0 fully saturated rings.